The third-order valence-corrected chi connectivity index (χ3v) is 4.98. The second kappa shape index (κ2) is 5.87. The van der Waals surface area contributed by atoms with Gasteiger partial charge in [-0.3, -0.25) is 4.79 Å². The van der Waals surface area contributed by atoms with Crippen LogP contribution in [0.5, 0.6) is 0 Å². The van der Waals surface area contributed by atoms with Gasteiger partial charge in [-0.1, -0.05) is 6.42 Å². The van der Waals surface area contributed by atoms with E-state index in [9.17, 15) is 4.79 Å². The minimum Gasteiger partial charge on any atom is -0.310 e. The minimum atomic E-state index is 0.0870. The number of hydrogen-bond acceptors (Lipinski definition) is 3. The molecule has 0 aliphatic carbocycles. The fraction of sp³-hybridized carbons (Fsp3) is 0.500. The molecule has 1 aromatic rings. The molecule has 0 saturated carbocycles. The molecular weight excluding hydrogens is 300 g/mol. The van der Waals surface area contributed by atoms with Crippen molar-refractivity contribution in [3.05, 3.63) is 22.3 Å². The van der Waals surface area contributed by atoms with Gasteiger partial charge in [-0.15, -0.1) is 11.8 Å². The van der Waals surface area contributed by atoms with Crippen LogP contribution in [0.1, 0.15) is 24.8 Å². The fourth-order valence-corrected chi connectivity index (χ4v) is 3.18. The van der Waals surface area contributed by atoms with Crippen LogP contribution < -0.4 is 5.32 Å². The Morgan fingerprint density at radius 3 is 3.06 bits per heavy atom. The summed E-state index contributed by atoms with van der Waals surface area (Å²) in [7, 11) is 0. The van der Waals surface area contributed by atoms with Gasteiger partial charge < -0.3 is 5.32 Å². The molecule has 1 N–H and O–H groups in total. The summed E-state index contributed by atoms with van der Waals surface area (Å²) in [6.45, 7) is 1.98. The Morgan fingerprint density at radius 1 is 1.59 bits per heavy atom. The van der Waals surface area contributed by atoms with E-state index < -0.39 is 0 Å². The van der Waals surface area contributed by atoms with Crippen molar-refractivity contribution < 1.29 is 4.79 Å². The van der Waals surface area contributed by atoms with Crippen LogP contribution >= 0.6 is 27.7 Å². The maximum absolute atomic E-state index is 12.0. The minimum absolute atomic E-state index is 0.0870. The SMILES string of the molecule is Cc1cc(NC(=O)C2CCCCS2)ncc1Br. The average molecular weight is 315 g/mol. The molecule has 3 nitrogen and oxygen atoms in total. The number of amides is 1. The lowest BCUT2D eigenvalue weighted by Gasteiger charge is -2.20. The highest BCUT2D eigenvalue weighted by Gasteiger charge is 2.21. The van der Waals surface area contributed by atoms with Crippen molar-refractivity contribution in [1.82, 2.24) is 4.98 Å². The number of anilines is 1. The third-order valence-electron chi connectivity index (χ3n) is 2.77. The molecule has 2 rings (SSSR count). The number of hydrogen-bond donors (Lipinski definition) is 1. The Bertz CT molecular complexity index is 419. The molecule has 1 amide bonds. The van der Waals surface area contributed by atoms with Gasteiger partial charge in [0.25, 0.3) is 0 Å². The van der Waals surface area contributed by atoms with Gasteiger partial charge in [0.1, 0.15) is 5.82 Å². The van der Waals surface area contributed by atoms with Crippen LogP contribution in [0, 0.1) is 6.92 Å². The zero-order valence-corrected chi connectivity index (χ0v) is 12.1. The van der Waals surface area contributed by atoms with Crippen molar-refractivity contribution in [3.63, 3.8) is 0 Å². The van der Waals surface area contributed by atoms with E-state index in [4.69, 9.17) is 0 Å². The Kier molecular flexibility index (Phi) is 4.45. The molecule has 0 radical (unpaired) electrons. The van der Waals surface area contributed by atoms with Crippen molar-refractivity contribution in [2.24, 2.45) is 0 Å². The molecule has 1 aliphatic rings. The summed E-state index contributed by atoms with van der Waals surface area (Å²) in [4.78, 5) is 16.2. The maximum atomic E-state index is 12.0. The smallest absolute Gasteiger partial charge is 0.238 e. The number of nitrogens with zero attached hydrogens (tertiary/aromatic N) is 1. The molecule has 5 heteroatoms. The Balaban J connectivity index is 1.99. The van der Waals surface area contributed by atoms with E-state index >= 15 is 0 Å². The van der Waals surface area contributed by atoms with Crippen LogP contribution in [0.2, 0.25) is 0 Å². The number of thioether (sulfide) groups is 1. The summed E-state index contributed by atoms with van der Waals surface area (Å²) < 4.78 is 0.961. The topological polar surface area (TPSA) is 42.0 Å². The number of aryl methyl sites for hydroxylation is 1. The van der Waals surface area contributed by atoms with E-state index in [1.807, 2.05) is 13.0 Å². The molecule has 1 atom stereocenters. The van der Waals surface area contributed by atoms with Crippen LogP contribution in [0.15, 0.2) is 16.7 Å². The summed E-state index contributed by atoms with van der Waals surface area (Å²) in [6, 6.07) is 1.88. The zero-order valence-electron chi connectivity index (χ0n) is 9.70. The zero-order chi connectivity index (χ0) is 12.3. The number of halogens is 1. The van der Waals surface area contributed by atoms with Gasteiger partial charge in [-0.05, 0) is 53.1 Å². The lowest BCUT2D eigenvalue weighted by molar-refractivity contribution is -0.115. The van der Waals surface area contributed by atoms with E-state index in [1.165, 1.54) is 6.42 Å². The third kappa shape index (κ3) is 3.45. The van der Waals surface area contributed by atoms with Gasteiger partial charge >= 0.3 is 0 Å². The summed E-state index contributed by atoms with van der Waals surface area (Å²) in [5.41, 5.74) is 1.08. The van der Waals surface area contributed by atoms with E-state index in [2.05, 4.69) is 26.2 Å². The van der Waals surface area contributed by atoms with E-state index in [0.29, 0.717) is 5.82 Å². The van der Waals surface area contributed by atoms with Crippen LogP contribution in [0.3, 0.4) is 0 Å². The molecule has 1 fully saturated rings. The molecule has 1 saturated heterocycles. The molecular formula is C12H15BrN2OS. The number of nitrogens with one attached hydrogen (secondary N) is 1. The molecule has 0 bridgehead atoms. The molecule has 0 aromatic carbocycles. The van der Waals surface area contributed by atoms with Crippen molar-refractivity contribution in [1.29, 1.82) is 0 Å². The van der Waals surface area contributed by atoms with Gasteiger partial charge in [-0.2, -0.15) is 0 Å². The highest BCUT2D eigenvalue weighted by Crippen LogP contribution is 2.26. The number of carbonyl (C=O) groups excluding carboxylic acids is 1. The van der Waals surface area contributed by atoms with Crippen LogP contribution in [0.4, 0.5) is 5.82 Å². The van der Waals surface area contributed by atoms with Gasteiger partial charge in [-0.25, -0.2) is 4.98 Å². The highest BCUT2D eigenvalue weighted by atomic mass is 79.9. The second-order valence-corrected chi connectivity index (χ2v) is 6.33. The predicted molar refractivity (Wildman–Crippen MR) is 75.4 cm³/mol. The Hall–Kier alpha value is -0.550. The fourth-order valence-electron chi connectivity index (χ4n) is 1.76. The number of pyridine rings is 1. The summed E-state index contributed by atoms with van der Waals surface area (Å²) in [5.74, 6) is 1.82. The number of aromatic nitrogens is 1. The lowest BCUT2D eigenvalue weighted by atomic mass is 10.2. The summed E-state index contributed by atoms with van der Waals surface area (Å²) >= 11 is 5.14. The molecule has 92 valence electrons. The first-order chi connectivity index (χ1) is 8.16. The Labute approximate surface area is 114 Å². The number of rotatable bonds is 2. The predicted octanol–water partition coefficient (Wildman–Crippen LogP) is 3.38. The quantitative estimate of drug-likeness (QED) is 0.910. The monoisotopic (exact) mass is 314 g/mol. The largest absolute Gasteiger partial charge is 0.310 e. The Morgan fingerprint density at radius 2 is 2.41 bits per heavy atom. The molecule has 1 aromatic heterocycles. The van der Waals surface area contributed by atoms with Crippen molar-refractivity contribution >= 4 is 39.4 Å². The lowest BCUT2D eigenvalue weighted by Crippen LogP contribution is -2.27. The standard InChI is InChI=1S/C12H15BrN2OS/c1-8-6-11(14-7-9(8)13)15-12(16)10-4-2-3-5-17-10/h6-7,10H,2-5H2,1H3,(H,14,15,16). The van der Waals surface area contributed by atoms with Crippen molar-refractivity contribution in [2.45, 2.75) is 31.4 Å². The van der Waals surface area contributed by atoms with Gasteiger partial charge in [0, 0.05) is 10.7 Å². The first kappa shape index (κ1) is 12.9. The van der Waals surface area contributed by atoms with Crippen LogP contribution in [0.25, 0.3) is 0 Å². The molecule has 0 spiro atoms. The van der Waals surface area contributed by atoms with Gasteiger partial charge in [0.15, 0.2) is 0 Å². The molecule has 1 unspecified atom stereocenters. The van der Waals surface area contributed by atoms with Crippen LogP contribution in [-0.2, 0) is 4.79 Å². The average Bonchev–Trinajstić information content (AvgIpc) is 2.35. The van der Waals surface area contributed by atoms with E-state index in [-0.39, 0.29) is 11.2 Å². The van der Waals surface area contributed by atoms with Crippen LogP contribution in [-0.4, -0.2) is 21.9 Å². The molecule has 2 heterocycles. The normalized spacial score (nSPS) is 20.0. The summed E-state index contributed by atoms with van der Waals surface area (Å²) in [5, 5.41) is 2.98. The number of carbonyl (C=O) groups is 1. The molecule has 1 aliphatic heterocycles. The maximum Gasteiger partial charge on any atom is 0.238 e. The van der Waals surface area contributed by atoms with Crippen molar-refractivity contribution in [2.75, 3.05) is 11.1 Å². The van der Waals surface area contributed by atoms with Gasteiger partial charge in [0.05, 0.1) is 5.25 Å². The summed E-state index contributed by atoms with van der Waals surface area (Å²) in [6.07, 6.45) is 5.08. The highest BCUT2D eigenvalue weighted by molar-refractivity contribution is 9.10. The first-order valence-electron chi connectivity index (χ1n) is 5.71. The first-order valence-corrected chi connectivity index (χ1v) is 7.55. The molecule has 17 heavy (non-hydrogen) atoms. The van der Waals surface area contributed by atoms with Gasteiger partial charge in [0.2, 0.25) is 5.91 Å². The van der Waals surface area contributed by atoms with Crippen molar-refractivity contribution in [3.8, 4) is 0 Å². The van der Waals surface area contributed by atoms with E-state index in [1.54, 1.807) is 18.0 Å². The van der Waals surface area contributed by atoms with E-state index in [0.717, 1.165) is 28.6 Å². The second-order valence-electron chi connectivity index (χ2n) is 4.16.